The van der Waals surface area contributed by atoms with Crippen molar-refractivity contribution in [1.29, 1.82) is 0 Å². The highest BCUT2D eigenvalue weighted by Crippen LogP contribution is 2.43. The van der Waals surface area contributed by atoms with E-state index in [1.165, 1.54) is 28.8 Å². The lowest BCUT2D eigenvalue weighted by molar-refractivity contribution is -0.946. The first-order valence-corrected chi connectivity index (χ1v) is 9.59. The van der Waals surface area contributed by atoms with Crippen LogP contribution < -0.4 is 10.2 Å². The summed E-state index contributed by atoms with van der Waals surface area (Å²) in [6.45, 7) is 7.58. The molecule has 2 fully saturated rings. The third-order valence-corrected chi connectivity index (χ3v) is 6.25. The van der Waals surface area contributed by atoms with Gasteiger partial charge in [-0.25, -0.2) is 0 Å². The van der Waals surface area contributed by atoms with E-state index in [-0.39, 0.29) is 16.5 Å². The fraction of sp³-hybridized carbons (Fsp3) is 0.588. The van der Waals surface area contributed by atoms with Crippen molar-refractivity contribution >= 4 is 17.7 Å². The van der Waals surface area contributed by atoms with Crippen molar-refractivity contribution in [3.8, 4) is 0 Å². The smallest absolute Gasteiger partial charge is 0.337 e. The largest absolute Gasteiger partial charge is 0.416 e. The standard InChI is InChI=1S/C17H22F3N3OS/c1-12-15(24)23(10-9-22-7-5-21-6-8-22)16(25-12)13-3-2-4-14(11-13)17(18,19)20/h2-4,11-12,16,21H,5-10H2,1H3/p+2/t12-,16+/m1/s1. The molecule has 2 aliphatic heterocycles. The van der Waals surface area contributed by atoms with Gasteiger partial charge in [0.2, 0.25) is 5.91 Å². The topological polar surface area (TPSA) is 41.4 Å². The van der Waals surface area contributed by atoms with Gasteiger partial charge in [-0.05, 0) is 24.6 Å². The van der Waals surface area contributed by atoms with Crippen molar-refractivity contribution in [2.45, 2.75) is 23.7 Å². The Labute approximate surface area is 149 Å². The zero-order chi connectivity index (χ0) is 18.0. The second-order valence-corrected chi connectivity index (χ2v) is 8.08. The average Bonchev–Trinajstić information content (AvgIpc) is 2.88. The molecule has 0 radical (unpaired) electrons. The molecule has 3 N–H and O–H groups in total. The zero-order valence-corrected chi connectivity index (χ0v) is 15.0. The summed E-state index contributed by atoms with van der Waals surface area (Å²) in [7, 11) is 0. The third-order valence-electron chi connectivity index (χ3n) is 4.86. The lowest BCUT2D eigenvalue weighted by Gasteiger charge is -2.28. The summed E-state index contributed by atoms with van der Waals surface area (Å²) in [5, 5.41) is 1.73. The number of halogens is 3. The van der Waals surface area contributed by atoms with Crippen LogP contribution in [-0.4, -0.2) is 55.3 Å². The van der Waals surface area contributed by atoms with E-state index >= 15 is 0 Å². The van der Waals surface area contributed by atoms with Crippen LogP contribution in [0.15, 0.2) is 24.3 Å². The van der Waals surface area contributed by atoms with Gasteiger partial charge in [0.05, 0.1) is 23.9 Å². The van der Waals surface area contributed by atoms with Crippen LogP contribution in [0.3, 0.4) is 0 Å². The van der Waals surface area contributed by atoms with E-state index in [9.17, 15) is 18.0 Å². The molecule has 2 aliphatic rings. The van der Waals surface area contributed by atoms with Crippen LogP contribution in [0.2, 0.25) is 0 Å². The highest BCUT2D eigenvalue weighted by molar-refractivity contribution is 8.01. The lowest BCUT2D eigenvalue weighted by Crippen LogP contribution is -3.20. The predicted molar refractivity (Wildman–Crippen MR) is 90.2 cm³/mol. The van der Waals surface area contributed by atoms with Crippen LogP contribution >= 0.6 is 11.8 Å². The fourth-order valence-electron chi connectivity index (χ4n) is 3.44. The molecule has 138 valence electrons. The molecule has 0 spiro atoms. The van der Waals surface area contributed by atoms with E-state index in [1.807, 2.05) is 6.92 Å². The Bertz CT molecular complexity index is 619. The summed E-state index contributed by atoms with van der Waals surface area (Å²) in [5.41, 5.74) is -0.103. The number of amides is 1. The number of carbonyl (C=O) groups excluding carboxylic acids is 1. The van der Waals surface area contributed by atoms with E-state index in [0.29, 0.717) is 12.1 Å². The van der Waals surface area contributed by atoms with Gasteiger partial charge in [0.25, 0.3) is 0 Å². The maximum Gasteiger partial charge on any atom is 0.416 e. The molecule has 0 aliphatic carbocycles. The van der Waals surface area contributed by atoms with Gasteiger partial charge in [-0.3, -0.25) is 4.79 Å². The summed E-state index contributed by atoms with van der Waals surface area (Å²) in [6, 6.07) is 5.37. The number of benzene rings is 1. The highest BCUT2D eigenvalue weighted by atomic mass is 32.2. The number of thioether (sulfide) groups is 1. The summed E-state index contributed by atoms with van der Waals surface area (Å²) in [4.78, 5) is 15.7. The molecule has 0 saturated carbocycles. The maximum absolute atomic E-state index is 13.0. The molecule has 1 aromatic rings. The van der Waals surface area contributed by atoms with Gasteiger partial charge < -0.3 is 15.1 Å². The highest BCUT2D eigenvalue weighted by Gasteiger charge is 2.40. The van der Waals surface area contributed by atoms with E-state index < -0.39 is 11.7 Å². The van der Waals surface area contributed by atoms with Gasteiger partial charge in [0.15, 0.2) is 0 Å². The maximum atomic E-state index is 13.0. The Kier molecular flexibility index (Phi) is 5.60. The Hall–Kier alpha value is -1.25. The molecule has 0 bridgehead atoms. The molecule has 0 unspecified atom stereocenters. The normalized spacial score (nSPS) is 25.6. The minimum atomic E-state index is -4.37. The van der Waals surface area contributed by atoms with E-state index in [2.05, 4.69) is 5.32 Å². The van der Waals surface area contributed by atoms with Gasteiger partial charge in [-0.2, -0.15) is 13.2 Å². The van der Waals surface area contributed by atoms with Gasteiger partial charge in [0, 0.05) is 0 Å². The van der Waals surface area contributed by atoms with Gasteiger partial charge in [-0.1, -0.05) is 12.1 Å². The van der Waals surface area contributed by atoms with Crippen LogP contribution in [-0.2, 0) is 11.0 Å². The molecule has 2 heterocycles. The number of hydrogen-bond acceptors (Lipinski definition) is 2. The van der Waals surface area contributed by atoms with Crippen molar-refractivity contribution in [2.75, 3.05) is 39.3 Å². The average molecular weight is 375 g/mol. The number of rotatable bonds is 4. The second kappa shape index (κ2) is 7.55. The van der Waals surface area contributed by atoms with E-state index in [1.54, 1.807) is 11.0 Å². The van der Waals surface area contributed by atoms with E-state index in [4.69, 9.17) is 0 Å². The molecular formula is C17H24F3N3OS+2. The predicted octanol–water partition coefficient (Wildman–Crippen LogP) is 0.130. The SMILES string of the molecule is C[C@H]1S[C@@H](c2cccc(C(F)(F)F)c2)N(CC[NH+]2CC[NH2+]CC2)C1=O. The minimum Gasteiger partial charge on any atom is -0.337 e. The van der Waals surface area contributed by atoms with Crippen molar-refractivity contribution in [3.63, 3.8) is 0 Å². The van der Waals surface area contributed by atoms with Crippen LogP contribution in [0.1, 0.15) is 23.4 Å². The van der Waals surface area contributed by atoms with E-state index in [0.717, 1.165) is 38.8 Å². The first-order chi connectivity index (χ1) is 11.9. The number of alkyl halides is 3. The first kappa shape index (κ1) is 18.5. The van der Waals surface area contributed by atoms with Crippen molar-refractivity contribution < 1.29 is 28.2 Å². The Balaban J connectivity index is 1.75. The summed E-state index contributed by atoms with van der Waals surface area (Å²) >= 11 is 1.43. The summed E-state index contributed by atoms with van der Waals surface area (Å²) in [5.74, 6) is 0.0235. The molecule has 3 rings (SSSR count). The summed E-state index contributed by atoms with van der Waals surface area (Å²) < 4.78 is 39.0. The minimum absolute atomic E-state index is 0.0235. The molecule has 0 aromatic heterocycles. The molecule has 1 amide bonds. The second-order valence-electron chi connectivity index (χ2n) is 6.65. The quantitative estimate of drug-likeness (QED) is 0.786. The zero-order valence-electron chi connectivity index (χ0n) is 14.2. The van der Waals surface area contributed by atoms with Crippen LogP contribution in [0.4, 0.5) is 13.2 Å². The molecule has 4 nitrogen and oxygen atoms in total. The molecule has 8 heteroatoms. The van der Waals surface area contributed by atoms with Crippen LogP contribution in [0, 0.1) is 0 Å². The number of quaternary nitrogens is 2. The number of nitrogens with zero attached hydrogens (tertiary/aromatic N) is 1. The number of nitrogens with one attached hydrogen (secondary N) is 1. The molecular weight excluding hydrogens is 351 g/mol. The monoisotopic (exact) mass is 375 g/mol. The summed E-state index contributed by atoms with van der Waals surface area (Å²) in [6.07, 6.45) is -4.37. The van der Waals surface area contributed by atoms with Crippen LogP contribution in [0.5, 0.6) is 0 Å². The molecule has 2 saturated heterocycles. The number of hydrogen-bond donors (Lipinski definition) is 2. The van der Waals surface area contributed by atoms with Crippen molar-refractivity contribution in [3.05, 3.63) is 35.4 Å². The lowest BCUT2D eigenvalue weighted by atomic mass is 10.1. The Morgan fingerprint density at radius 1 is 1.32 bits per heavy atom. The fourth-order valence-corrected chi connectivity index (χ4v) is 4.74. The molecule has 25 heavy (non-hydrogen) atoms. The third kappa shape index (κ3) is 4.30. The Morgan fingerprint density at radius 3 is 2.72 bits per heavy atom. The van der Waals surface area contributed by atoms with Crippen LogP contribution in [0.25, 0.3) is 0 Å². The number of carbonyl (C=O) groups is 1. The van der Waals surface area contributed by atoms with Crippen molar-refractivity contribution in [2.24, 2.45) is 0 Å². The molecule has 2 atom stereocenters. The Morgan fingerprint density at radius 2 is 2.04 bits per heavy atom. The molecule has 1 aromatic carbocycles. The number of nitrogens with two attached hydrogens (primary N) is 1. The first-order valence-electron chi connectivity index (χ1n) is 8.64. The van der Waals surface area contributed by atoms with Gasteiger partial charge in [0.1, 0.15) is 31.6 Å². The van der Waals surface area contributed by atoms with Gasteiger partial charge in [-0.15, -0.1) is 11.8 Å². The number of piperazine rings is 1. The van der Waals surface area contributed by atoms with Crippen molar-refractivity contribution in [1.82, 2.24) is 4.90 Å². The van der Waals surface area contributed by atoms with Gasteiger partial charge >= 0.3 is 6.18 Å².